The SMILES string of the molecule is Nc1nc(OCc2ccc(CNC(=O)CCc3c[nH]nn3)cc2)c2nc[nH]c2n1. The molecule has 11 nitrogen and oxygen atoms in total. The molecule has 4 rings (SSSR count). The topological polar surface area (TPSA) is 160 Å². The van der Waals surface area contributed by atoms with Crippen molar-refractivity contribution in [2.45, 2.75) is 26.0 Å². The van der Waals surface area contributed by atoms with Gasteiger partial charge in [-0.3, -0.25) is 9.89 Å². The lowest BCUT2D eigenvalue weighted by Crippen LogP contribution is -2.23. The number of benzene rings is 1. The fourth-order valence-electron chi connectivity index (χ4n) is 2.71. The first-order valence-electron chi connectivity index (χ1n) is 8.96. The van der Waals surface area contributed by atoms with Gasteiger partial charge in [-0.2, -0.15) is 9.97 Å². The normalized spacial score (nSPS) is 10.9. The largest absolute Gasteiger partial charge is 0.471 e. The van der Waals surface area contributed by atoms with E-state index in [9.17, 15) is 4.79 Å². The second-order valence-electron chi connectivity index (χ2n) is 6.33. The lowest BCUT2D eigenvalue weighted by atomic mass is 10.1. The van der Waals surface area contributed by atoms with Crippen LogP contribution in [0.4, 0.5) is 5.95 Å². The molecule has 1 amide bonds. The third kappa shape index (κ3) is 4.64. The van der Waals surface area contributed by atoms with E-state index in [0.29, 0.717) is 43.0 Å². The van der Waals surface area contributed by atoms with Gasteiger partial charge in [0, 0.05) is 25.6 Å². The van der Waals surface area contributed by atoms with Crippen molar-refractivity contribution in [3.8, 4) is 5.88 Å². The van der Waals surface area contributed by atoms with Crippen molar-refractivity contribution in [3.63, 3.8) is 0 Å². The summed E-state index contributed by atoms with van der Waals surface area (Å²) in [6.07, 6.45) is 4.11. The standard InChI is InChI=1S/C18H19N9O2/c19-18-24-16-15(21-10-22-16)17(25-18)29-9-12-3-1-11(2-4-12)7-20-14(28)6-5-13-8-23-27-26-13/h1-4,8,10H,5-7,9H2,(H,20,28)(H,23,26,27)(H3,19,21,22,24,25). The van der Waals surface area contributed by atoms with Gasteiger partial charge in [-0.05, 0) is 11.1 Å². The number of anilines is 1. The maximum absolute atomic E-state index is 11.9. The van der Waals surface area contributed by atoms with Crippen LogP contribution < -0.4 is 15.8 Å². The molecular weight excluding hydrogens is 374 g/mol. The van der Waals surface area contributed by atoms with Crippen LogP contribution in [0, 0.1) is 0 Å². The van der Waals surface area contributed by atoms with Crippen molar-refractivity contribution in [2.75, 3.05) is 5.73 Å². The number of carbonyl (C=O) groups is 1. The maximum Gasteiger partial charge on any atom is 0.247 e. The molecule has 0 aliphatic carbocycles. The van der Waals surface area contributed by atoms with Crippen LogP contribution >= 0.6 is 0 Å². The molecule has 0 fully saturated rings. The smallest absolute Gasteiger partial charge is 0.247 e. The third-order valence-corrected chi connectivity index (χ3v) is 4.23. The van der Waals surface area contributed by atoms with Crippen LogP contribution in [-0.4, -0.2) is 41.3 Å². The number of carbonyl (C=O) groups excluding carboxylic acids is 1. The van der Waals surface area contributed by atoms with E-state index in [1.165, 1.54) is 6.33 Å². The minimum atomic E-state index is -0.0372. The molecule has 3 heterocycles. The zero-order chi connectivity index (χ0) is 20.1. The van der Waals surface area contributed by atoms with Crippen molar-refractivity contribution in [1.29, 1.82) is 0 Å². The summed E-state index contributed by atoms with van der Waals surface area (Å²) in [6, 6.07) is 7.75. The molecule has 0 aliphatic rings. The summed E-state index contributed by atoms with van der Waals surface area (Å²) in [6.45, 7) is 0.762. The van der Waals surface area contributed by atoms with E-state index in [2.05, 4.69) is 40.7 Å². The summed E-state index contributed by atoms with van der Waals surface area (Å²) in [5.74, 6) is 0.411. The number of nitrogens with zero attached hydrogens (tertiary/aromatic N) is 5. The van der Waals surface area contributed by atoms with Gasteiger partial charge >= 0.3 is 0 Å². The fraction of sp³-hybridized carbons (Fsp3) is 0.222. The van der Waals surface area contributed by atoms with Crippen molar-refractivity contribution in [2.24, 2.45) is 0 Å². The second-order valence-corrected chi connectivity index (χ2v) is 6.33. The van der Waals surface area contributed by atoms with Crippen molar-refractivity contribution in [3.05, 3.63) is 53.6 Å². The molecule has 11 heteroatoms. The van der Waals surface area contributed by atoms with E-state index >= 15 is 0 Å². The summed E-state index contributed by atoms with van der Waals surface area (Å²) >= 11 is 0. The number of aryl methyl sites for hydroxylation is 1. The zero-order valence-corrected chi connectivity index (χ0v) is 15.4. The quantitative estimate of drug-likeness (QED) is 0.343. The van der Waals surface area contributed by atoms with E-state index in [1.807, 2.05) is 24.3 Å². The van der Waals surface area contributed by atoms with Crippen molar-refractivity contribution < 1.29 is 9.53 Å². The molecule has 5 N–H and O–H groups in total. The molecule has 29 heavy (non-hydrogen) atoms. The Morgan fingerprint density at radius 1 is 1.17 bits per heavy atom. The maximum atomic E-state index is 11.9. The molecule has 0 unspecified atom stereocenters. The summed E-state index contributed by atoms with van der Waals surface area (Å²) < 4.78 is 5.75. The van der Waals surface area contributed by atoms with E-state index in [0.717, 1.165) is 16.8 Å². The van der Waals surface area contributed by atoms with Gasteiger partial charge in [-0.1, -0.05) is 29.5 Å². The summed E-state index contributed by atoms with van der Waals surface area (Å²) in [5, 5.41) is 13.0. The second kappa shape index (κ2) is 8.33. The number of nitrogens with two attached hydrogens (primary N) is 1. The average Bonchev–Trinajstić information content (AvgIpc) is 3.41. The van der Waals surface area contributed by atoms with Crippen LogP contribution in [0.5, 0.6) is 5.88 Å². The molecule has 0 bridgehead atoms. The van der Waals surface area contributed by atoms with Gasteiger partial charge in [0.05, 0.1) is 12.0 Å². The first-order valence-corrected chi connectivity index (χ1v) is 8.96. The number of aromatic amines is 2. The number of nitrogens with one attached hydrogen (secondary N) is 3. The summed E-state index contributed by atoms with van der Waals surface area (Å²) in [7, 11) is 0. The number of aromatic nitrogens is 7. The number of fused-ring (bicyclic) bond motifs is 1. The van der Waals surface area contributed by atoms with Crippen molar-refractivity contribution >= 4 is 23.0 Å². The Bertz CT molecular complexity index is 1090. The van der Waals surface area contributed by atoms with Gasteiger partial charge in [0.25, 0.3) is 0 Å². The highest BCUT2D eigenvalue weighted by molar-refractivity contribution is 5.76. The van der Waals surface area contributed by atoms with Crippen molar-refractivity contribution in [1.82, 2.24) is 40.7 Å². The molecule has 0 atom stereocenters. The van der Waals surface area contributed by atoms with Crippen LogP contribution in [0.15, 0.2) is 36.8 Å². The Morgan fingerprint density at radius 3 is 2.79 bits per heavy atom. The molecule has 0 radical (unpaired) electrons. The highest BCUT2D eigenvalue weighted by Crippen LogP contribution is 2.20. The molecule has 0 saturated carbocycles. The Labute approximate surface area is 165 Å². The summed E-state index contributed by atoms with van der Waals surface area (Å²) in [4.78, 5) is 27.1. The van der Waals surface area contributed by atoms with Crippen LogP contribution in [0.2, 0.25) is 0 Å². The first-order chi connectivity index (χ1) is 14.2. The molecule has 0 aliphatic heterocycles. The molecular formula is C18H19N9O2. The molecule has 4 aromatic rings. The predicted molar refractivity (Wildman–Crippen MR) is 103 cm³/mol. The molecule has 148 valence electrons. The van der Waals surface area contributed by atoms with Crippen LogP contribution in [-0.2, 0) is 24.4 Å². The Morgan fingerprint density at radius 2 is 2.00 bits per heavy atom. The number of nitrogen functional groups attached to an aromatic ring is 1. The molecule has 0 spiro atoms. The minimum absolute atomic E-state index is 0.0372. The number of hydrogen-bond donors (Lipinski definition) is 4. The van der Waals surface area contributed by atoms with Gasteiger partial charge in [0.15, 0.2) is 11.2 Å². The highest BCUT2D eigenvalue weighted by atomic mass is 16.5. The summed E-state index contributed by atoms with van der Waals surface area (Å²) in [5.41, 5.74) is 9.46. The molecule has 0 saturated heterocycles. The lowest BCUT2D eigenvalue weighted by Gasteiger charge is -2.08. The number of hydrogen-bond acceptors (Lipinski definition) is 8. The third-order valence-electron chi connectivity index (χ3n) is 4.23. The van der Waals surface area contributed by atoms with E-state index in [1.54, 1.807) is 6.20 Å². The average molecular weight is 393 g/mol. The Kier molecular flexibility index (Phi) is 5.27. The fourth-order valence-corrected chi connectivity index (χ4v) is 2.71. The van der Waals surface area contributed by atoms with Gasteiger partial charge in [-0.25, -0.2) is 4.98 Å². The number of imidazole rings is 1. The monoisotopic (exact) mass is 393 g/mol. The molecule has 3 aromatic heterocycles. The first kappa shape index (κ1) is 18.3. The number of ether oxygens (including phenoxy) is 1. The van der Waals surface area contributed by atoms with Gasteiger partial charge in [0.1, 0.15) is 6.61 Å². The van der Waals surface area contributed by atoms with E-state index < -0.39 is 0 Å². The van der Waals surface area contributed by atoms with Gasteiger partial charge in [-0.15, -0.1) is 5.10 Å². The van der Waals surface area contributed by atoms with Gasteiger partial charge < -0.3 is 20.8 Å². The highest BCUT2D eigenvalue weighted by Gasteiger charge is 2.10. The lowest BCUT2D eigenvalue weighted by molar-refractivity contribution is -0.121. The van der Waals surface area contributed by atoms with E-state index in [-0.39, 0.29) is 11.9 Å². The van der Waals surface area contributed by atoms with Crippen LogP contribution in [0.3, 0.4) is 0 Å². The van der Waals surface area contributed by atoms with Gasteiger partial charge in [0.2, 0.25) is 17.7 Å². The Balaban J connectivity index is 1.27. The number of amides is 1. The zero-order valence-electron chi connectivity index (χ0n) is 15.4. The Hall–Kier alpha value is -4.02. The van der Waals surface area contributed by atoms with Crippen LogP contribution in [0.1, 0.15) is 23.2 Å². The van der Waals surface area contributed by atoms with E-state index in [4.69, 9.17) is 10.5 Å². The minimum Gasteiger partial charge on any atom is -0.471 e. The number of H-pyrrole nitrogens is 2. The predicted octanol–water partition coefficient (Wildman–Crippen LogP) is 0.881. The molecule has 1 aromatic carbocycles. The van der Waals surface area contributed by atoms with Crippen LogP contribution in [0.25, 0.3) is 11.2 Å². The number of rotatable bonds is 8.